The summed E-state index contributed by atoms with van der Waals surface area (Å²) in [5.74, 6) is 0. The number of benzene rings is 1. The zero-order chi connectivity index (χ0) is 9.26. The smallest absolute Gasteiger partial charge is 0.222 e. The lowest BCUT2D eigenvalue weighted by Gasteiger charge is -2.19. The molecule has 1 heterocycles. The van der Waals surface area contributed by atoms with Crippen molar-refractivity contribution in [1.29, 1.82) is 0 Å². The second-order valence-corrected chi connectivity index (χ2v) is 3.20. The van der Waals surface area contributed by atoms with Crippen LogP contribution in [0.5, 0.6) is 0 Å². The molecule has 0 N–H and O–H groups in total. The van der Waals surface area contributed by atoms with Gasteiger partial charge in [-0.15, -0.1) is 5.11 Å². The van der Waals surface area contributed by atoms with E-state index in [9.17, 15) is 0 Å². The van der Waals surface area contributed by atoms with E-state index in [-0.39, 0.29) is 6.17 Å². The molecule has 0 aliphatic carbocycles. The second kappa shape index (κ2) is 3.22. The lowest BCUT2D eigenvalue weighted by molar-refractivity contribution is 0.781. The van der Waals surface area contributed by atoms with E-state index in [4.69, 9.17) is 12.2 Å². The van der Waals surface area contributed by atoms with Crippen molar-refractivity contribution in [3.05, 3.63) is 30.3 Å². The van der Waals surface area contributed by atoms with Gasteiger partial charge < -0.3 is 0 Å². The Balaban J connectivity index is 2.33. The largest absolute Gasteiger partial charge is 0.291 e. The molecule has 0 saturated heterocycles. The standard InChI is InChI=1S/C9H9N3S/c1-7-10-11-9(13)12(7)8-5-3-2-4-6-8/h2-7H,1H3. The summed E-state index contributed by atoms with van der Waals surface area (Å²) in [5, 5.41) is 8.38. The van der Waals surface area contributed by atoms with Crippen LogP contribution >= 0.6 is 12.2 Å². The van der Waals surface area contributed by atoms with Gasteiger partial charge in [0.2, 0.25) is 5.11 Å². The van der Waals surface area contributed by atoms with Crippen molar-refractivity contribution in [1.82, 2.24) is 0 Å². The fourth-order valence-corrected chi connectivity index (χ4v) is 1.61. The summed E-state index contributed by atoms with van der Waals surface area (Å²) in [5.41, 5.74) is 1.05. The first-order valence-electron chi connectivity index (χ1n) is 4.08. The third-order valence-corrected chi connectivity index (χ3v) is 2.20. The molecule has 0 amide bonds. The monoisotopic (exact) mass is 191 g/mol. The first-order valence-corrected chi connectivity index (χ1v) is 4.49. The normalized spacial score (nSPS) is 21.2. The van der Waals surface area contributed by atoms with E-state index in [1.54, 1.807) is 0 Å². The molecule has 0 fully saturated rings. The molecule has 1 unspecified atom stereocenters. The minimum absolute atomic E-state index is 0.0231. The van der Waals surface area contributed by atoms with Crippen molar-refractivity contribution in [2.45, 2.75) is 13.1 Å². The number of azo groups is 1. The summed E-state index contributed by atoms with van der Waals surface area (Å²) < 4.78 is 0. The van der Waals surface area contributed by atoms with Gasteiger partial charge >= 0.3 is 0 Å². The Kier molecular flexibility index (Phi) is 2.06. The molecule has 4 heteroatoms. The summed E-state index contributed by atoms with van der Waals surface area (Å²) in [6, 6.07) is 9.92. The predicted molar refractivity (Wildman–Crippen MR) is 55.8 cm³/mol. The van der Waals surface area contributed by atoms with Gasteiger partial charge in [0.1, 0.15) is 6.17 Å². The molecule has 1 aromatic carbocycles. The van der Waals surface area contributed by atoms with Crippen LogP contribution in [0.3, 0.4) is 0 Å². The van der Waals surface area contributed by atoms with Crippen molar-refractivity contribution in [3.8, 4) is 0 Å². The lowest BCUT2D eigenvalue weighted by atomic mass is 10.3. The zero-order valence-corrected chi connectivity index (χ0v) is 8.03. The van der Waals surface area contributed by atoms with Crippen molar-refractivity contribution in [3.63, 3.8) is 0 Å². The molecular weight excluding hydrogens is 182 g/mol. The van der Waals surface area contributed by atoms with E-state index < -0.39 is 0 Å². The van der Waals surface area contributed by atoms with Gasteiger partial charge in [-0.05, 0) is 31.3 Å². The van der Waals surface area contributed by atoms with Gasteiger partial charge in [0.15, 0.2) is 0 Å². The predicted octanol–water partition coefficient (Wildman–Crippen LogP) is 2.59. The van der Waals surface area contributed by atoms with E-state index in [0.29, 0.717) is 5.11 Å². The molecule has 1 atom stereocenters. The Labute approximate surface area is 82.1 Å². The third-order valence-electron chi connectivity index (χ3n) is 1.92. The molecule has 3 nitrogen and oxygen atoms in total. The zero-order valence-electron chi connectivity index (χ0n) is 7.21. The lowest BCUT2D eigenvalue weighted by Crippen LogP contribution is -2.30. The third kappa shape index (κ3) is 1.45. The minimum Gasteiger partial charge on any atom is -0.291 e. The molecule has 66 valence electrons. The van der Waals surface area contributed by atoms with Gasteiger partial charge in [0, 0.05) is 5.69 Å². The first-order chi connectivity index (χ1) is 6.29. The highest BCUT2D eigenvalue weighted by molar-refractivity contribution is 7.80. The van der Waals surface area contributed by atoms with Crippen LogP contribution in [0.4, 0.5) is 5.69 Å². The average Bonchev–Trinajstić information content (AvgIpc) is 2.48. The molecule has 0 bridgehead atoms. The number of rotatable bonds is 1. The van der Waals surface area contributed by atoms with Crippen molar-refractivity contribution < 1.29 is 0 Å². The molecule has 1 aliphatic heterocycles. The van der Waals surface area contributed by atoms with Gasteiger partial charge in [-0.1, -0.05) is 18.2 Å². The van der Waals surface area contributed by atoms with Crippen molar-refractivity contribution >= 4 is 23.0 Å². The number of hydrogen-bond acceptors (Lipinski definition) is 2. The quantitative estimate of drug-likeness (QED) is 0.638. The molecular formula is C9H9N3S. The van der Waals surface area contributed by atoms with E-state index >= 15 is 0 Å². The maximum absolute atomic E-state index is 5.07. The topological polar surface area (TPSA) is 28.0 Å². The summed E-state index contributed by atoms with van der Waals surface area (Å²) in [6.07, 6.45) is 0.0231. The van der Waals surface area contributed by atoms with Gasteiger partial charge in [0.05, 0.1) is 0 Å². The number of para-hydroxylation sites is 1. The Morgan fingerprint density at radius 1 is 1.31 bits per heavy atom. The number of anilines is 1. The highest BCUT2D eigenvalue weighted by atomic mass is 32.1. The maximum Gasteiger partial charge on any atom is 0.222 e. The summed E-state index contributed by atoms with van der Waals surface area (Å²) in [4.78, 5) is 1.93. The van der Waals surface area contributed by atoms with Gasteiger partial charge in [-0.2, -0.15) is 5.11 Å². The minimum atomic E-state index is 0.0231. The molecule has 0 aromatic heterocycles. The fraction of sp³-hybridized carbons (Fsp3) is 0.222. The van der Waals surface area contributed by atoms with Gasteiger partial charge in [-0.25, -0.2) is 0 Å². The average molecular weight is 191 g/mol. The summed E-state index contributed by atoms with van der Waals surface area (Å²) in [6.45, 7) is 1.97. The maximum atomic E-state index is 5.07. The van der Waals surface area contributed by atoms with E-state index in [1.165, 1.54) is 0 Å². The van der Waals surface area contributed by atoms with Crippen LogP contribution in [0, 0.1) is 0 Å². The molecule has 1 aliphatic rings. The number of thiocarbonyl (C=S) groups is 1. The molecule has 2 rings (SSSR count). The second-order valence-electron chi connectivity index (χ2n) is 2.84. The summed E-state index contributed by atoms with van der Waals surface area (Å²) >= 11 is 5.07. The Bertz CT molecular complexity index is 347. The highest BCUT2D eigenvalue weighted by Crippen LogP contribution is 2.22. The van der Waals surface area contributed by atoms with Crippen LogP contribution in [0.2, 0.25) is 0 Å². The van der Waals surface area contributed by atoms with Crippen LogP contribution in [-0.2, 0) is 0 Å². The molecule has 13 heavy (non-hydrogen) atoms. The van der Waals surface area contributed by atoms with Gasteiger partial charge in [0.25, 0.3) is 0 Å². The Morgan fingerprint density at radius 3 is 2.54 bits per heavy atom. The molecule has 0 saturated carbocycles. The SMILES string of the molecule is CC1N=NC(=S)N1c1ccccc1. The van der Waals surface area contributed by atoms with Gasteiger partial charge in [-0.3, -0.25) is 4.90 Å². The highest BCUT2D eigenvalue weighted by Gasteiger charge is 2.23. The van der Waals surface area contributed by atoms with Crippen LogP contribution in [0.15, 0.2) is 40.6 Å². The molecule has 1 aromatic rings. The van der Waals surface area contributed by atoms with E-state index in [1.807, 2.05) is 42.2 Å². The van der Waals surface area contributed by atoms with Crippen LogP contribution in [-0.4, -0.2) is 11.3 Å². The van der Waals surface area contributed by atoms with Crippen LogP contribution < -0.4 is 4.90 Å². The van der Waals surface area contributed by atoms with Crippen LogP contribution in [0.25, 0.3) is 0 Å². The Hall–Kier alpha value is -1.29. The van der Waals surface area contributed by atoms with Crippen LogP contribution in [0.1, 0.15) is 6.92 Å². The Morgan fingerprint density at radius 2 is 2.00 bits per heavy atom. The summed E-state index contributed by atoms with van der Waals surface area (Å²) in [7, 11) is 0. The number of nitrogens with zero attached hydrogens (tertiary/aromatic N) is 3. The molecule has 0 spiro atoms. The van der Waals surface area contributed by atoms with E-state index in [2.05, 4.69) is 10.2 Å². The van der Waals surface area contributed by atoms with Crippen molar-refractivity contribution in [2.75, 3.05) is 4.90 Å². The molecule has 0 radical (unpaired) electrons. The first kappa shape index (κ1) is 8.31. The van der Waals surface area contributed by atoms with E-state index in [0.717, 1.165) is 5.69 Å². The number of hydrogen-bond donors (Lipinski definition) is 0. The fourth-order valence-electron chi connectivity index (χ4n) is 1.31. The van der Waals surface area contributed by atoms with Crippen molar-refractivity contribution in [2.24, 2.45) is 10.2 Å².